The zero-order chi connectivity index (χ0) is 11.7. The Hall–Kier alpha value is -1.13. The largest absolute Gasteiger partial charge is 0.311 e. The van der Waals surface area contributed by atoms with Crippen molar-refractivity contribution in [3.8, 4) is 11.3 Å². The molecule has 1 aromatic carbocycles. The van der Waals surface area contributed by atoms with E-state index >= 15 is 0 Å². The Balaban J connectivity index is 1.96. The van der Waals surface area contributed by atoms with Gasteiger partial charge in [0.25, 0.3) is 0 Å². The van der Waals surface area contributed by atoms with E-state index in [9.17, 15) is 0 Å². The van der Waals surface area contributed by atoms with E-state index in [1.165, 1.54) is 11.3 Å². The normalized spacial score (nSPS) is 15.4. The molecule has 0 unspecified atom stereocenters. The molecule has 0 bridgehead atoms. The fraction of sp³-hybridized carbons (Fsp3) is 0.308. The van der Waals surface area contributed by atoms with Crippen LogP contribution in [-0.2, 0) is 13.1 Å². The number of aryl methyl sites for hydroxylation is 1. The van der Waals surface area contributed by atoms with Crippen molar-refractivity contribution in [2.75, 3.05) is 6.54 Å². The zero-order valence-electron chi connectivity index (χ0n) is 9.49. The molecule has 1 aromatic heterocycles. The van der Waals surface area contributed by atoms with Crippen molar-refractivity contribution >= 4 is 15.9 Å². The summed E-state index contributed by atoms with van der Waals surface area (Å²) in [6.07, 6.45) is 1.15. The maximum atomic E-state index is 4.67. The third kappa shape index (κ3) is 2.28. The Morgan fingerprint density at radius 1 is 1.24 bits per heavy atom. The average Bonchev–Trinajstić information content (AvgIpc) is 2.62. The number of hydrogen-bond donors (Lipinski definition) is 1. The molecular formula is C13H14BrN3. The van der Waals surface area contributed by atoms with Gasteiger partial charge >= 0.3 is 0 Å². The first-order valence-electron chi connectivity index (χ1n) is 5.86. The minimum atomic E-state index is 0.920. The van der Waals surface area contributed by atoms with Crippen LogP contribution in [0, 0.1) is 0 Å². The molecule has 0 aliphatic carbocycles. The van der Waals surface area contributed by atoms with Gasteiger partial charge in [0, 0.05) is 23.1 Å². The molecule has 0 spiro atoms. The van der Waals surface area contributed by atoms with Gasteiger partial charge < -0.3 is 5.32 Å². The smallest absolute Gasteiger partial charge is 0.0926 e. The Morgan fingerprint density at radius 2 is 2.06 bits per heavy atom. The number of aromatic nitrogens is 2. The van der Waals surface area contributed by atoms with E-state index in [2.05, 4.69) is 61.4 Å². The van der Waals surface area contributed by atoms with Crippen LogP contribution in [0.2, 0.25) is 0 Å². The van der Waals surface area contributed by atoms with Crippen LogP contribution in [0.4, 0.5) is 0 Å². The SMILES string of the molecule is Brc1ccc(-c2cc3n(n2)CCCNC3)cc1. The lowest BCUT2D eigenvalue weighted by Gasteiger charge is -1.99. The number of rotatable bonds is 1. The summed E-state index contributed by atoms with van der Waals surface area (Å²) < 4.78 is 3.22. The highest BCUT2D eigenvalue weighted by Gasteiger charge is 2.11. The van der Waals surface area contributed by atoms with E-state index in [1.807, 2.05) is 0 Å². The standard InChI is InChI=1S/C13H14BrN3/c14-11-4-2-10(3-5-11)13-8-12-9-15-6-1-7-17(12)16-13/h2-5,8,15H,1,6-7,9H2. The molecule has 0 saturated heterocycles. The van der Waals surface area contributed by atoms with Gasteiger partial charge in [-0.05, 0) is 31.2 Å². The van der Waals surface area contributed by atoms with Gasteiger partial charge in [0.1, 0.15) is 0 Å². The first kappa shape index (κ1) is 11.0. The molecule has 0 atom stereocenters. The van der Waals surface area contributed by atoms with Gasteiger partial charge in [-0.25, -0.2) is 0 Å². The van der Waals surface area contributed by atoms with Crippen molar-refractivity contribution in [1.29, 1.82) is 0 Å². The zero-order valence-corrected chi connectivity index (χ0v) is 11.1. The topological polar surface area (TPSA) is 29.9 Å². The molecular weight excluding hydrogens is 278 g/mol. The molecule has 88 valence electrons. The van der Waals surface area contributed by atoms with Crippen LogP contribution in [-0.4, -0.2) is 16.3 Å². The molecule has 3 nitrogen and oxygen atoms in total. The second-order valence-corrected chi connectivity index (χ2v) is 5.20. The number of halogens is 1. The van der Waals surface area contributed by atoms with Crippen LogP contribution in [0.25, 0.3) is 11.3 Å². The number of nitrogens with one attached hydrogen (secondary N) is 1. The molecule has 0 saturated carbocycles. The van der Waals surface area contributed by atoms with Crippen molar-refractivity contribution in [3.05, 3.63) is 40.5 Å². The molecule has 1 aliphatic rings. The summed E-state index contributed by atoms with van der Waals surface area (Å²) in [5, 5.41) is 8.08. The molecule has 3 rings (SSSR count). The minimum absolute atomic E-state index is 0.920. The Bertz CT molecular complexity index is 492. The van der Waals surface area contributed by atoms with Crippen molar-refractivity contribution in [2.45, 2.75) is 19.5 Å². The van der Waals surface area contributed by atoms with Gasteiger partial charge in [-0.1, -0.05) is 28.1 Å². The van der Waals surface area contributed by atoms with Crippen molar-refractivity contribution in [3.63, 3.8) is 0 Å². The summed E-state index contributed by atoms with van der Waals surface area (Å²) in [7, 11) is 0. The lowest BCUT2D eigenvalue weighted by Crippen LogP contribution is -2.11. The van der Waals surface area contributed by atoms with Crippen LogP contribution in [0.1, 0.15) is 12.1 Å². The number of hydrogen-bond acceptors (Lipinski definition) is 2. The summed E-state index contributed by atoms with van der Waals surface area (Å²) in [6, 6.07) is 10.5. The van der Waals surface area contributed by atoms with Gasteiger partial charge in [-0.2, -0.15) is 5.10 Å². The maximum absolute atomic E-state index is 4.67. The van der Waals surface area contributed by atoms with Crippen LogP contribution in [0.15, 0.2) is 34.8 Å². The quantitative estimate of drug-likeness (QED) is 0.876. The van der Waals surface area contributed by atoms with Crippen molar-refractivity contribution < 1.29 is 0 Å². The van der Waals surface area contributed by atoms with E-state index in [4.69, 9.17) is 0 Å². The monoisotopic (exact) mass is 291 g/mol. The molecule has 0 amide bonds. The Labute approximate surface area is 109 Å². The third-order valence-corrected chi connectivity index (χ3v) is 3.56. The lowest BCUT2D eigenvalue weighted by molar-refractivity contribution is 0.589. The van der Waals surface area contributed by atoms with Gasteiger partial charge in [0.05, 0.1) is 11.4 Å². The molecule has 1 aliphatic heterocycles. The number of benzene rings is 1. The summed E-state index contributed by atoms with van der Waals surface area (Å²) >= 11 is 3.45. The fourth-order valence-corrected chi connectivity index (χ4v) is 2.39. The van der Waals surface area contributed by atoms with Crippen LogP contribution in [0.3, 0.4) is 0 Å². The molecule has 4 heteroatoms. The van der Waals surface area contributed by atoms with Crippen LogP contribution in [0.5, 0.6) is 0 Å². The molecule has 0 radical (unpaired) electrons. The molecule has 1 N–H and O–H groups in total. The van der Waals surface area contributed by atoms with Gasteiger partial charge in [-0.3, -0.25) is 4.68 Å². The first-order valence-corrected chi connectivity index (χ1v) is 6.65. The molecule has 2 heterocycles. The van der Waals surface area contributed by atoms with E-state index in [0.29, 0.717) is 0 Å². The van der Waals surface area contributed by atoms with Crippen LogP contribution >= 0.6 is 15.9 Å². The predicted octanol–water partition coefficient (Wildman–Crippen LogP) is 2.81. The number of fused-ring (bicyclic) bond motifs is 1. The second kappa shape index (κ2) is 4.63. The highest BCUT2D eigenvalue weighted by Crippen LogP contribution is 2.22. The summed E-state index contributed by atoms with van der Waals surface area (Å²) in [4.78, 5) is 0. The lowest BCUT2D eigenvalue weighted by atomic mass is 10.1. The predicted molar refractivity (Wildman–Crippen MR) is 71.7 cm³/mol. The summed E-state index contributed by atoms with van der Waals surface area (Å²) in [5.41, 5.74) is 3.52. The van der Waals surface area contributed by atoms with Gasteiger partial charge in [0.2, 0.25) is 0 Å². The molecule has 2 aromatic rings. The highest BCUT2D eigenvalue weighted by molar-refractivity contribution is 9.10. The van der Waals surface area contributed by atoms with Crippen molar-refractivity contribution in [1.82, 2.24) is 15.1 Å². The maximum Gasteiger partial charge on any atom is 0.0926 e. The Kier molecular flexibility index (Phi) is 2.99. The summed E-state index contributed by atoms with van der Waals surface area (Å²) in [5.74, 6) is 0. The van der Waals surface area contributed by atoms with E-state index in [0.717, 1.165) is 36.2 Å². The van der Waals surface area contributed by atoms with E-state index in [1.54, 1.807) is 0 Å². The minimum Gasteiger partial charge on any atom is -0.311 e. The Morgan fingerprint density at radius 3 is 2.88 bits per heavy atom. The molecule has 17 heavy (non-hydrogen) atoms. The second-order valence-electron chi connectivity index (χ2n) is 4.28. The summed E-state index contributed by atoms with van der Waals surface area (Å²) in [6.45, 7) is 3.01. The molecule has 0 fully saturated rings. The van der Waals surface area contributed by atoms with E-state index < -0.39 is 0 Å². The van der Waals surface area contributed by atoms with Crippen LogP contribution < -0.4 is 5.32 Å². The highest BCUT2D eigenvalue weighted by atomic mass is 79.9. The van der Waals surface area contributed by atoms with E-state index in [-0.39, 0.29) is 0 Å². The third-order valence-electron chi connectivity index (χ3n) is 3.03. The fourth-order valence-electron chi connectivity index (χ4n) is 2.12. The van der Waals surface area contributed by atoms with Gasteiger partial charge in [-0.15, -0.1) is 0 Å². The number of nitrogens with zero attached hydrogens (tertiary/aromatic N) is 2. The van der Waals surface area contributed by atoms with Gasteiger partial charge in [0.15, 0.2) is 0 Å². The average molecular weight is 292 g/mol. The van der Waals surface area contributed by atoms with Crippen molar-refractivity contribution in [2.24, 2.45) is 0 Å². The first-order chi connectivity index (χ1) is 8.33.